The SMILES string of the molecule is Cc1nnccc1C(=O)NO. The molecule has 58 valence electrons. The Labute approximate surface area is 63.0 Å². The van der Waals surface area contributed by atoms with E-state index in [0.29, 0.717) is 11.3 Å². The molecule has 0 unspecified atom stereocenters. The van der Waals surface area contributed by atoms with Gasteiger partial charge in [-0.2, -0.15) is 10.2 Å². The zero-order valence-electron chi connectivity index (χ0n) is 5.90. The molecule has 0 radical (unpaired) electrons. The normalized spacial score (nSPS) is 9.27. The van der Waals surface area contributed by atoms with Crippen LogP contribution in [0, 0.1) is 6.92 Å². The lowest BCUT2D eigenvalue weighted by molar-refractivity contribution is 0.0705. The van der Waals surface area contributed by atoms with Gasteiger partial charge in [0.25, 0.3) is 5.91 Å². The van der Waals surface area contributed by atoms with Crippen molar-refractivity contribution < 1.29 is 10.0 Å². The first-order valence-corrected chi connectivity index (χ1v) is 2.98. The zero-order valence-corrected chi connectivity index (χ0v) is 5.90. The molecule has 0 fully saturated rings. The van der Waals surface area contributed by atoms with E-state index in [1.54, 1.807) is 6.92 Å². The van der Waals surface area contributed by atoms with Gasteiger partial charge in [0.2, 0.25) is 0 Å². The molecule has 5 heteroatoms. The summed E-state index contributed by atoms with van der Waals surface area (Å²) in [6.07, 6.45) is 1.39. The number of amides is 1. The number of aryl methyl sites for hydroxylation is 1. The summed E-state index contributed by atoms with van der Waals surface area (Å²) in [6.45, 7) is 1.64. The first kappa shape index (κ1) is 7.62. The van der Waals surface area contributed by atoms with E-state index in [0.717, 1.165) is 0 Å². The largest absolute Gasteiger partial charge is 0.288 e. The fraction of sp³-hybridized carbons (Fsp3) is 0.167. The van der Waals surface area contributed by atoms with Crippen molar-refractivity contribution in [2.45, 2.75) is 6.92 Å². The molecule has 11 heavy (non-hydrogen) atoms. The smallest absolute Gasteiger partial charge is 0.276 e. The van der Waals surface area contributed by atoms with E-state index in [1.165, 1.54) is 17.7 Å². The maximum Gasteiger partial charge on any atom is 0.276 e. The molecule has 1 heterocycles. The van der Waals surface area contributed by atoms with Crippen LogP contribution in [0.15, 0.2) is 12.3 Å². The summed E-state index contributed by atoms with van der Waals surface area (Å²) < 4.78 is 0. The van der Waals surface area contributed by atoms with Gasteiger partial charge in [-0.15, -0.1) is 0 Å². The van der Waals surface area contributed by atoms with Crippen molar-refractivity contribution in [1.29, 1.82) is 0 Å². The molecule has 0 saturated heterocycles. The summed E-state index contributed by atoms with van der Waals surface area (Å²) in [5, 5.41) is 15.4. The molecule has 0 saturated carbocycles. The van der Waals surface area contributed by atoms with Crippen molar-refractivity contribution in [2.75, 3.05) is 0 Å². The Bertz CT molecular complexity index is 274. The number of hydroxylamine groups is 1. The molecule has 0 atom stereocenters. The number of hydrogen-bond donors (Lipinski definition) is 2. The molecule has 0 aliphatic carbocycles. The molecular formula is C6H7N3O2. The van der Waals surface area contributed by atoms with Gasteiger partial charge in [0.05, 0.1) is 17.5 Å². The summed E-state index contributed by atoms with van der Waals surface area (Å²) in [5.74, 6) is -0.572. The molecule has 0 spiro atoms. The Morgan fingerprint density at radius 3 is 3.00 bits per heavy atom. The van der Waals surface area contributed by atoms with Gasteiger partial charge < -0.3 is 0 Å². The van der Waals surface area contributed by atoms with Crippen LogP contribution < -0.4 is 5.48 Å². The van der Waals surface area contributed by atoms with Crippen molar-refractivity contribution in [3.8, 4) is 0 Å². The Balaban J connectivity index is 3.03. The standard InChI is InChI=1S/C6H7N3O2/c1-4-5(6(10)9-11)2-3-7-8-4/h2-3,11H,1H3,(H,9,10). The lowest BCUT2D eigenvalue weighted by Crippen LogP contribution is -2.20. The fourth-order valence-corrected chi connectivity index (χ4v) is 0.702. The topological polar surface area (TPSA) is 75.1 Å². The van der Waals surface area contributed by atoms with Crippen molar-refractivity contribution in [1.82, 2.24) is 15.7 Å². The highest BCUT2D eigenvalue weighted by atomic mass is 16.5. The van der Waals surface area contributed by atoms with Gasteiger partial charge in [-0.25, -0.2) is 5.48 Å². The average Bonchev–Trinajstić information content (AvgIpc) is 2.04. The van der Waals surface area contributed by atoms with Gasteiger partial charge in [0.1, 0.15) is 0 Å². The lowest BCUT2D eigenvalue weighted by atomic mass is 10.2. The van der Waals surface area contributed by atoms with Crippen molar-refractivity contribution in [3.63, 3.8) is 0 Å². The molecule has 0 aromatic carbocycles. The molecule has 2 N–H and O–H groups in total. The maximum absolute atomic E-state index is 10.8. The Kier molecular flexibility index (Phi) is 2.12. The van der Waals surface area contributed by atoms with E-state index < -0.39 is 5.91 Å². The molecule has 5 nitrogen and oxygen atoms in total. The Morgan fingerprint density at radius 1 is 1.73 bits per heavy atom. The Morgan fingerprint density at radius 2 is 2.45 bits per heavy atom. The van der Waals surface area contributed by atoms with Gasteiger partial charge in [-0.3, -0.25) is 10.0 Å². The van der Waals surface area contributed by atoms with Crippen LogP contribution in [0.25, 0.3) is 0 Å². The summed E-state index contributed by atoms with van der Waals surface area (Å²) in [6, 6.07) is 1.48. The van der Waals surface area contributed by atoms with E-state index >= 15 is 0 Å². The molecule has 1 amide bonds. The van der Waals surface area contributed by atoms with Gasteiger partial charge in [0.15, 0.2) is 0 Å². The predicted molar refractivity (Wildman–Crippen MR) is 36.0 cm³/mol. The van der Waals surface area contributed by atoms with Crippen molar-refractivity contribution in [2.24, 2.45) is 0 Å². The van der Waals surface area contributed by atoms with Crippen molar-refractivity contribution >= 4 is 5.91 Å². The minimum absolute atomic E-state index is 0.322. The van der Waals surface area contributed by atoms with E-state index in [4.69, 9.17) is 5.21 Å². The highest BCUT2D eigenvalue weighted by Crippen LogP contribution is 2.00. The number of carbonyl (C=O) groups excluding carboxylic acids is 1. The second-order valence-corrected chi connectivity index (χ2v) is 1.97. The van der Waals surface area contributed by atoms with E-state index in [9.17, 15) is 4.79 Å². The molecule has 0 aliphatic rings. The first-order valence-electron chi connectivity index (χ1n) is 2.98. The lowest BCUT2D eigenvalue weighted by Gasteiger charge is -1.98. The number of carbonyl (C=O) groups is 1. The first-order chi connectivity index (χ1) is 5.25. The molecule has 1 rings (SSSR count). The molecule has 1 aromatic rings. The molecular weight excluding hydrogens is 146 g/mol. The van der Waals surface area contributed by atoms with Crippen LogP contribution in [0.3, 0.4) is 0 Å². The van der Waals surface area contributed by atoms with Gasteiger partial charge >= 0.3 is 0 Å². The number of aromatic nitrogens is 2. The van der Waals surface area contributed by atoms with Crippen molar-refractivity contribution in [3.05, 3.63) is 23.5 Å². The number of hydrogen-bond acceptors (Lipinski definition) is 4. The Hall–Kier alpha value is -1.49. The number of nitrogens with one attached hydrogen (secondary N) is 1. The van der Waals surface area contributed by atoms with Crippen LogP contribution in [-0.4, -0.2) is 21.3 Å². The summed E-state index contributed by atoms with van der Waals surface area (Å²) >= 11 is 0. The van der Waals surface area contributed by atoms with Gasteiger partial charge in [-0.05, 0) is 13.0 Å². The summed E-state index contributed by atoms with van der Waals surface area (Å²) in [4.78, 5) is 10.8. The van der Waals surface area contributed by atoms with E-state index in [-0.39, 0.29) is 0 Å². The van der Waals surface area contributed by atoms with Crippen LogP contribution >= 0.6 is 0 Å². The minimum Gasteiger partial charge on any atom is -0.288 e. The third-order valence-corrected chi connectivity index (χ3v) is 1.25. The molecule has 0 aliphatic heterocycles. The van der Waals surface area contributed by atoms with Crippen LogP contribution in [0.1, 0.15) is 16.1 Å². The van der Waals surface area contributed by atoms with Crippen LogP contribution in [0.5, 0.6) is 0 Å². The minimum atomic E-state index is -0.572. The summed E-state index contributed by atoms with van der Waals surface area (Å²) in [5.41, 5.74) is 2.32. The van der Waals surface area contributed by atoms with Crippen LogP contribution in [0.2, 0.25) is 0 Å². The quantitative estimate of drug-likeness (QED) is 0.436. The van der Waals surface area contributed by atoms with Crippen LogP contribution in [0.4, 0.5) is 0 Å². The fourth-order valence-electron chi connectivity index (χ4n) is 0.702. The second-order valence-electron chi connectivity index (χ2n) is 1.97. The maximum atomic E-state index is 10.8. The van der Waals surface area contributed by atoms with E-state index in [1.807, 2.05) is 0 Å². The van der Waals surface area contributed by atoms with Crippen LogP contribution in [-0.2, 0) is 0 Å². The molecule has 0 bridgehead atoms. The zero-order chi connectivity index (χ0) is 8.27. The third kappa shape index (κ3) is 1.50. The van der Waals surface area contributed by atoms with Gasteiger partial charge in [0, 0.05) is 0 Å². The highest BCUT2D eigenvalue weighted by Gasteiger charge is 2.06. The molecule has 1 aromatic heterocycles. The van der Waals surface area contributed by atoms with E-state index in [2.05, 4.69) is 10.2 Å². The number of nitrogens with zero attached hydrogens (tertiary/aromatic N) is 2. The average molecular weight is 153 g/mol. The van der Waals surface area contributed by atoms with Gasteiger partial charge in [-0.1, -0.05) is 0 Å². The second kappa shape index (κ2) is 3.07. The monoisotopic (exact) mass is 153 g/mol. The summed E-state index contributed by atoms with van der Waals surface area (Å²) in [7, 11) is 0. The highest BCUT2D eigenvalue weighted by molar-refractivity contribution is 5.94. The predicted octanol–water partition coefficient (Wildman–Crippen LogP) is -0.0960. The third-order valence-electron chi connectivity index (χ3n) is 1.25. The number of rotatable bonds is 1.